The number of halogens is 2. The van der Waals surface area contributed by atoms with E-state index in [4.69, 9.17) is 4.74 Å². The number of benzene rings is 1. The first-order valence-electron chi connectivity index (χ1n) is 7.38. The molecule has 3 nitrogen and oxygen atoms in total. The lowest BCUT2D eigenvalue weighted by Crippen LogP contribution is -2.43. The number of rotatable bonds is 5. The summed E-state index contributed by atoms with van der Waals surface area (Å²) in [6.07, 6.45) is 5.47. The Morgan fingerprint density at radius 2 is 2.10 bits per heavy atom. The van der Waals surface area contributed by atoms with Gasteiger partial charge in [0.05, 0.1) is 7.11 Å². The summed E-state index contributed by atoms with van der Waals surface area (Å²) in [7, 11) is 1.46. The zero-order valence-electron chi connectivity index (χ0n) is 12.3. The lowest BCUT2D eigenvalue weighted by molar-refractivity contribution is 0.0642. The topological polar surface area (TPSA) is 29.5 Å². The van der Waals surface area contributed by atoms with Crippen LogP contribution in [0.4, 0.5) is 4.39 Å². The molecule has 116 valence electrons. The van der Waals surface area contributed by atoms with Crippen molar-refractivity contribution in [3.8, 4) is 5.75 Å². The van der Waals surface area contributed by atoms with Gasteiger partial charge in [-0.2, -0.15) is 0 Å². The zero-order chi connectivity index (χ0) is 15.2. The molecule has 1 aromatic rings. The van der Waals surface area contributed by atoms with E-state index in [2.05, 4.69) is 15.9 Å². The molecule has 0 aromatic heterocycles. The molecule has 21 heavy (non-hydrogen) atoms. The Balaban J connectivity index is 2.29. The Kier molecular flexibility index (Phi) is 6.03. The minimum atomic E-state index is -0.519. The summed E-state index contributed by atoms with van der Waals surface area (Å²) in [5, 5.41) is 0.687. The fourth-order valence-electron chi connectivity index (χ4n) is 2.96. The first-order valence-corrected chi connectivity index (χ1v) is 8.50. The van der Waals surface area contributed by atoms with Crippen LogP contribution in [0.15, 0.2) is 18.2 Å². The standard InChI is InChI=1S/C16H21BrFNO2/c1-21-14-9-5-8-13(18)15(14)16(20)19(11-10-17)12-6-3-2-4-7-12/h5,8-9,12H,2-4,6-7,10-11H2,1H3. The molecule has 1 amide bonds. The maximum absolute atomic E-state index is 14.1. The van der Waals surface area contributed by atoms with Gasteiger partial charge in [0.2, 0.25) is 0 Å². The van der Waals surface area contributed by atoms with E-state index in [1.165, 1.54) is 19.6 Å². The highest BCUT2D eigenvalue weighted by Gasteiger charge is 2.29. The molecular formula is C16H21BrFNO2. The maximum Gasteiger partial charge on any atom is 0.260 e. The molecule has 0 atom stereocenters. The van der Waals surface area contributed by atoms with Crippen LogP contribution in [0.2, 0.25) is 0 Å². The molecule has 1 fully saturated rings. The number of carbonyl (C=O) groups is 1. The van der Waals surface area contributed by atoms with Gasteiger partial charge in [-0.3, -0.25) is 4.79 Å². The lowest BCUT2D eigenvalue weighted by atomic mass is 9.93. The van der Waals surface area contributed by atoms with Gasteiger partial charge >= 0.3 is 0 Å². The van der Waals surface area contributed by atoms with Gasteiger partial charge in [-0.1, -0.05) is 41.3 Å². The maximum atomic E-state index is 14.1. The van der Waals surface area contributed by atoms with Gasteiger partial charge in [-0.15, -0.1) is 0 Å². The molecule has 1 saturated carbocycles. The van der Waals surface area contributed by atoms with Crippen LogP contribution in [-0.4, -0.2) is 35.8 Å². The third kappa shape index (κ3) is 3.76. The second kappa shape index (κ2) is 7.78. The predicted molar refractivity (Wildman–Crippen MR) is 84.7 cm³/mol. The summed E-state index contributed by atoms with van der Waals surface area (Å²) in [5.41, 5.74) is 0.0477. The number of ether oxygens (including phenoxy) is 1. The van der Waals surface area contributed by atoms with E-state index in [1.54, 1.807) is 17.0 Å². The van der Waals surface area contributed by atoms with E-state index >= 15 is 0 Å². The quantitative estimate of drug-likeness (QED) is 0.745. The zero-order valence-corrected chi connectivity index (χ0v) is 13.9. The van der Waals surface area contributed by atoms with E-state index in [0.29, 0.717) is 17.6 Å². The van der Waals surface area contributed by atoms with Crippen LogP contribution in [0, 0.1) is 5.82 Å². The van der Waals surface area contributed by atoms with Gasteiger partial charge in [0, 0.05) is 17.9 Å². The number of nitrogens with zero attached hydrogens (tertiary/aromatic N) is 1. The summed E-state index contributed by atoms with van der Waals surface area (Å²) in [5.74, 6) is -0.485. The van der Waals surface area contributed by atoms with Crippen molar-refractivity contribution in [2.24, 2.45) is 0 Å². The van der Waals surface area contributed by atoms with Crippen molar-refractivity contribution < 1.29 is 13.9 Å². The van der Waals surface area contributed by atoms with Gasteiger partial charge in [0.1, 0.15) is 17.1 Å². The molecule has 0 bridgehead atoms. The second-order valence-electron chi connectivity index (χ2n) is 5.30. The van der Waals surface area contributed by atoms with Gasteiger partial charge in [0.25, 0.3) is 5.91 Å². The second-order valence-corrected chi connectivity index (χ2v) is 6.09. The van der Waals surface area contributed by atoms with Gasteiger partial charge in [-0.25, -0.2) is 4.39 Å². The molecule has 1 aliphatic carbocycles. The average molecular weight is 358 g/mol. The summed E-state index contributed by atoms with van der Waals surface area (Å²) >= 11 is 3.39. The average Bonchev–Trinajstić information content (AvgIpc) is 2.52. The van der Waals surface area contributed by atoms with Gasteiger partial charge in [0.15, 0.2) is 0 Å². The molecule has 0 unspecified atom stereocenters. The van der Waals surface area contributed by atoms with E-state index in [1.807, 2.05) is 0 Å². The molecule has 0 aliphatic heterocycles. The summed E-state index contributed by atoms with van der Waals surface area (Å²) < 4.78 is 19.3. The van der Waals surface area contributed by atoms with Crippen molar-refractivity contribution in [3.63, 3.8) is 0 Å². The van der Waals surface area contributed by atoms with Crippen LogP contribution >= 0.6 is 15.9 Å². The molecule has 1 aliphatic rings. The molecule has 0 heterocycles. The molecule has 0 N–H and O–H groups in total. The third-order valence-electron chi connectivity index (χ3n) is 4.01. The van der Waals surface area contributed by atoms with Crippen molar-refractivity contribution >= 4 is 21.8 Å². The summed E-state index contributed by atoms with van der Waals surface area (Å²) in [4.78, 5) is 14.6. The van der Waals surface area contributed by atoms with E-state index in [0.717, 1.165) is 25.7 Å². The lowest BCUT2D eigenvalue weighted by Gasteiger charge is -2.34. The van der Waals surface area contributed by atoms with Crippen LogP contribution in [0.1, 0.15) is 42.5 Å². The Bertz CT molecular complexity index is 489. The minimum absolute atomic E-state index is 0.0477. The smallest absolute Gasteiger partial charge is 0.260 e. The number of amides is 1. The number of hydrogen-bond donors (Lipinski definition) is 0. The van der Waals surface area contributed by atoms with E-state index < -0.39 is 5.82 Å². The molecule has 1 aromatic carbocycles. The van der Waals surface area contributed by atoms with Crippen LogP contribution in [0.5, 0.6) is 5.75 Å². The predicted octanol–water partition coefficient (Wildman–Crippen LogP) is 4.00. The van der Waals surface area contributed by atoms with Crippen LogP contribution in [0.3, 0.4) is 0 Å². The number of methoxy groups -OCH3 is 1. The van der Waals surface area contributed by atoms with Crippen molar-refractivity contribution in [2.75, 3.05) is 19.0 Å². The van der Waals surface area contributed by atoms with Gasteiger partial charge < -0.3 is 9.64 Å². The fourth-order valence-corrected chi connectivity index (χ4v) is 3.34. The van der Waals surface area contributed by atoms with Crippen molar-refractivity contribution in [3.05, 3.63) is 29.6 Å². The van der Waals surface area contributed by atoms with E-state index in [-0.39, 0.29) is 17.5 Å². The number of hydrogen-bond acceptors (Lipinski definition) is 2. The summed E-state index contributed by atoms with van der Waals surface area (Å²) in [6, 6.07) is 4.69. The Hall–Kier alpha value is -1.10. The first-order chi connectivity index (χ1) is 10.2. The normalized spacial score (nSPS) is 15.8. The Morgan fingerprint density at radius 3 is 2.71 bits per heavy atom. The van der Waals surface area contributed by atoms with Gasteiger partial charge in [-0.05, 0) is 25.0 Å². The Morgan fingerprint density at radius 1 is 1.38 bits per heavy atom. The molecule has 5 heteroatoms. The molecule has 2 rings (SSSR count). The number of carbonyl (C=O) groups excluding carboxylic acids is 1. The van der Waals surface area contributed by atoms with Crippen molar-refractivity contribution in [2.45, 2.75) is 38.1 Å². The van der Waals surface area contributed by atoms with Crippen molar-refractivity contribution in [1.29, 1.82) is 0 Å². The molecule has 0 saturated heterocycles. The minimum Gasteiger partial charge on any atom is -0.496 e. The van der Waals surface area contributed by atoms with Crippen LogP contribution in [-0.2, 0) is 0 Å². The first kappa shape index (κ1) is 16.3. The molecular weight excluding hydrogens is 337 g/mol. The van der Waals surface area contributed by atoms with Crippen LogP contribution in [0.25, 0.3) is 0 Å². The largest absolute Gasteiger partial charge is 0.496 e. The van der Waals surface area contributed by atoms with Crippen LogP contribution < -0.4 is 4.74 Å². The fraction of sp³-hybridized carbons (Fsp3) is 0.562. The Labute approximate surface area is 133 Å². The summed E-state index contributed by atoms with van der Waals surface area (Å²) in [6.45, 7) is 0.584. The highest BCUT2D eigenvalue weighted by Crippen LogP contribution is 2.28. The number of alkyl halides is 1. The van der Waals surface area contributed by atoms with Crippen molar-refractivity contribution in [1.82, 2.24) is 4.90 Å². The van der Waals surface area contributed by atoms with E-state index in [9.17, 15) is 9.18 Å². The molecule has 0 spiro atoms. The SMILES string of the molecule is COc1cccc(F)c1C(=O)N(CCBr)C1CCCCC1. The third-order valence-corrected chi connectivity index (χ3v) is 4.37. The highest BCUT2D eigenvalue weighted by molar-refractivity contribution is 9.09. The highest BCUT2D eigenvalue weighted by atomic mass is 79.9. The monoisotopic (exact) mass is 357 g/mol. The molecule has 0 radical (unpaired) electrons.